The lowest BCUT2D eigenvalue weighted by Crippen LogP contribution is -2.13. The molecular weight excluding hydrogens is 414 g/mol. The molecular formula is C22H27N5O3S. The second-order valence-corrected chi connectivity index (χ2v) is 8.94. The molecule has 164 valence electrons. The van der Waals surface area contributed by atoms with Crippen LogP contribution in [0.15, 0.2) is 53.4 Å². The molecule has 1 aromatic heterocycles. The van der Waals surface area contributed by atoms with Crippen LogP contribution < -0.4 is 19.7 Å². The van der Waals surface area contributed by atoms with Gasteiger partial charge in [-0.3, -0.25) is 4.72 Å². The van der Waals surface area contributed by atoms with E-state index in [1.54, 1.807) is 36.4 Å². The topological polar surface area (TPSA) is 96.5 Å². The first-order chi connectivity index (χ1) is 14.7. The van der Waals surface area contributed by atoms with Crippen molar-refractivity contribution in [3.05, 3.63) is 59.8 Å². The zero-order valence-corrected chi connectivity index (χ0v) is 19.1. The van der Waals surface area contributed by atoms with Crippen LogP contribution in [0, 0.1) is 13.8 Å². The van der Waals surface area contributed by atoms with Gasteiger partial charge < -0.3 is 15.0 Å². The van der Waals surface area contributed by atoms with Gasteiger partial charge in [-0.2, -0.15) is 4.98 Å². The van der Waals surface area contributed by atoms with Crippen LogP contribution in [-0.2, 0) is 10.0 Å². The molecule has 0 unspecified atom stereocenters. The lowest BCUT2D eigenvalue weighted by molar-refractivity contribution is 0.337. The molecule has 2 N–H and O–H groups in total. The summed E-state index contributed by atoms with van der Waals surface area (Å²) in [5.74, 6) is 1.94. The van der Waals surface area contributed by atoms with Crippen molar-refractivity contribution < 1.29 is 13.2 Å². The number of aromatic nitrogens is 2. The number of nitrogens with zero attached hydrogens (tertiary/aromatic N) is 3. The molecule has 3 rings (SSSR count). The molecule has 2 aromatic carbocycles. The molecule has 0 aliphatic rings. The van der Waals surface area contributed by atoms with Gasteiger partial charge in [0.2, 0.25) is 5.95 Å². The van der Waals surface area contributed by atoms with Gasteiger partial charge in [0.25, 0.3) is 10.0 Å². The molecule has 3 aromatic rings. The van der Waals surface area contributed by atoms with E-state index in [2.05, 4.69) is 20.0 Å². The summed E-state index contributed by atoms with van der Waals surface area (Å²) in [7, 11) is 0.114. The molecule has 0 bridgehead atoms. The van der Waals surface area contributed by atoms with Gasteiger partial charge in [0.1, 0.15) is 11.6 Å². The number of hydrogen-bond acceptors (Lipinski definition) is 7. The molecule has 0 aliphatic heterocycles. The van der Waals surface area contributed by atoms with Crippen LogP contribution in [0.3, 0.4) is 0 Å². The third-order valence-electron chi connectivity index (χ3n) is 4.45. The first kappa shape index (κ1) is 22.4. The molecule has 0 fully saturated rings. The highest BCUT2D eigenvalue weighted by Gasteiger charge is 2.16. The van der Waals surface area contributed by atoms with Gasteiger partial charge in [0.15, 0.2) is 0 Å². The van der Waals surface area contributed by atoms with Crippen LogP contribution in [-0.4, -0.2) is 39.1 Å². The summed E-state index contributed by atoms with van der Waals surface area (Å²) in [4.78, 5) is 10.9. The van der Waals surface area contributed by atoms with Crippen molar-refractivity contribution in [2.75, 3.05) is 35.6 Å². The lowest BCUT2D eigenvalue weighted by Gasteiger charge is -2.14. The first-order valence-corrected chi connectivity index (χ1v) is 11.3. The maximum Gasteiger partial charge on any atom is 0.261 e. The fourth-order valence-corrected chi connectivity index (χ4v) is 4.05. The summed E-state index contributed by atoms with van der Waals surface area (Å²) in [5, 5.41) is 3.15. The Morgan fingerprint density at radius 3 is 2.26 bits per heavy atom. The highest BCUT2D eigenvalue weighted by molar-refractivity contribution is 7.92. The van der Waals surface area contributed by atoms with Gasteiger partial charge in [0, 0.05) is 37.2 Å². The van der Waals surface area contributed by atoms with Crippen molar-refractivity contribution in [2.24, 2.45) is 0 Å². The predicted octanol–water partition coefficient (Wildman–Crippen LogP) is 4.10. The van der Waals surface area contributed by atoms with Crippen LogP contribution >= 0.6 is 0 Å². The molecule has 1 heterocycles. The molecule has 9 heteroatoms. The zero-order chi connectivity index (χ0) is 22.6. The van der Waals surface area contributed by atoms with Crippen molar-refractivity contribution in [3.8, 4) is 5.75 Å². The van der Waals surface area contributed by atoms with Crippen LogP contribution in [0.1, 0.15) is 18.2 Å². The average Bonchev–Trinajstić information content (AvgIpc) is 2.70. The summed E-state index contributed by atoms with van der Waals surface area (Å²) in [6.07, 6.45) is 0. The SMILES string of the molecule is CCOc1ccc(S(=O)(=O)Nc2ccc(Nc3nc(C)cc(N(C)C)n3)cc2)cc1C. The Morgan fingerprint density at radius 2 is 1.65 bits per heavy atom. The van der Waals surface area contributed by atoms with E-state index in [0.717, 1.165) is 22.8 Å². The number of ether oxygens (including phenoxy) is 1. The van der Waals surface area contributed by atoms with E-state index in [0.29, 0.717) is 24.0 Å². The standard InChI is InChI=1S/C22H27N5O3S/c1-6-30-20-12-11-19(13-15(20)2)31(28,29)26-18-9-7-17(8-10-18)24-22-23-16(3)14-21(25-22)27(4)5/h7-14,26H,6H2,1-5H3,(H,23,24,25). The van der Waals surface area contributed by atoms with Gasteiger partial charge in [0.05, 0.1) is 11.5 Å². The number of aryl methyl sites for hydroxylation is 2. The summed E-state index contributed by atoms with van der Waals surface area (Å²) in [5.41, 5.74) is 2.81. The summed E-state index contributed by atoms with van der Waals surface area (Å²) >= 11 is 0. The fraction of sp³-hybridized carbons (Fsp3) is 0.273. The molecule has 0 spiro atoms. The molecule has 0 amide bonds. The van der Waals surface area contributed by atoms with E-state index in [-0.39, 0.29) is 4.90 Å². The maximum atomic E-state index is 12.7. The Balaban J connectivity index is 1.74. The quantitative estimate of drug-likeness (QED) is 0.543. The van der Waals surface area contributed by atoms with Gasteiger partial charge in [-0.25, -0.2) is 13.4 Å². The monoisotopic (exact) mass is 441 g/mol. The molecule has 0 atom stereocenters. The highest BCUT2D eigenvalue weighted by atomic mass is 32.2. The Morgan fingerprint density at radius 1 is 0.968 bits per heavy atom. The number of sulfonamides is 1. The van der Waals surface area contributed by atoms with E-state index in [4.69, 9.17) is 4.74 Å². The second kappa shape index (κ2) is 9.22. The van der Waals surface area contributed by atoms with Crippen LogP contribution in [0.2, 0.25) is 0 Å². The Kier molecular flexibility index (Phi) is 6.65. The van der Waals surface area contributed by atoms with E-state index < -0.39 is 10.0 Å². The predicted molar refractivity (Wildman–Crippen MR) is 124 cm³/mol. The van der Waals surface area contributed by atoms with Crippen LogP contribution in [0.25, 0.3) is 0 Å². The van der Waals surface area contributed by atoms with E-state index >= 15 is 0 Å². The van der Waals surface area contributed by atoms with Crippen molar-refractivity contribution in [1.29, 1.82) is 0 Å². The molecule has 0 radical (unpaired) electrons. The number of nitrogens with one attached hydrogen (secondary N) is 2. The van der Waals surface area contributed by atoms with Crippen LogP contribution in [0.4, 0.5) is 23.1 Å². The Bertz CT molecular complexity index is 1160. The van der Waals surface area contributed by atoms with Gasteiger partial charge in [-0.1, -0.05) is 0 Å². The van der Waals surface area contributed by atoms with Crippen molar-refractivity contribution in [2.45, 2.75) is 25.7 Å². The minimum absolute atomic E-state index is 0.181. The average molecular weight is 442 g/mol. The third-order valence-corrected chi connectivity index (χ3v) is 5.83. The van der Waals surface area contributed by atoms with Gasteiger partial charge in [-0.05, 0) is 68.8 Å². The van der Waals surface area contributed by atoms with Crippen molar-refractivity contribution in [1.82, 2.24) is 9.97 Å². The van der Waals surface area contributed by atoms with E-state index in [1.165, 1.54) is 6.07 Å². The van der Waals surface area contributed by atoms with E-state index in [1.807, 2.05) is 45.8 Å². The highest BCUT2D eigenvalue weighted by Crippen LogP contribution is 2.25. The normalized spacial score (nSPS) is 11.1. The Hall–Kier alpha value is -3.33. The minimum atomic E-state index is -3.72. The molecule has 0 saturated heterocycles. The van der Waals surface area contributed by atoms with Crippen LogP contribution in [0.5, 0.6) is 5.75 Å². The van der Waals surface area contributed by atoms with E-state index in [9.17, 15) is 8.42 Å². The molecule has 0 saturated carbocycles. The Labute approximate surface area is 183 Å². The molecule has 8 nitrogen and oxygen atoms in total. The number of anilines is 4. The number of rotatable bonds is 8. The second-order valence-electron chi connectivity index (χ2n) is 7.25. The van der Waals surface area contributed by atoms with Crippen molar-refractivity contribution in [3.63, 3.8) is 0 Å². The largest absolute Gasteiger partial charge is 0.494 e. The smallest absolute Gasteiger partial charge is 0.261 e. The zero-order valence-electron chi connectivity index (χ0n) is 18.3. The molecule has 31 heavy (non-hydrogen) atoms. The maximum absolute atomic E-state index is 12.7. The summed E-state index contributed by atoms with van der Waals surface area (Å²) < 4.78 is 33.6. The lowest BCUT2D eigenvalue weighted by atomic mass is 10.2. The summed E-state index contributed by atoms with van der Waals surface area (Å²) in [6.45, 7) is 6.13. The molecule has 0 aliphatic carbocycles. The number of hydrogen-bond donors (Lipinski definition) is 2. The van der Waals surface area contributed by atoms with Crippen molar-refractivity contribution >= 4 is 33.2 Å². The minimum Gasteiger partial charge on any atom is -0.494 e. The first-order valence-electron chi connectivity index (χ1n) is 9.84. The fourth-order valence-electron chi connectivity index (χ4n) is 2.91. The number of benzene rings is 2. The van der Waals surface area contributed by atoms with Gasteiger partial charge in [-0.15, -0.1) is 0 Å². The third kappa shape index (κ3) is 5.64. The summed E-state index contributed by atoms with van der Waals surface area (Å²) in [6, 6.07) is 13.6. The van der Waals surface area contributed by atoms with Gasteiger partial charge >= 0.3 is 0 Å².